The van der Waals surface area contributed by atoms with Gasteiger partial charge in [-0.3, -0.25) is 4.79 Å². The second kappa shape index (κ2) is 4.90. The zero-order valence-electron chi connectivity index (χ0n) is 11.0. The van der Waals surface area contributed by atoms with E-state index in [1.807, 2.05) is 0 Å². The summed E-state index contributed by atoms with van der Waals surface area (Å²) in [5.41, 5.74) is 4.84. The predicted molar refractivity (Wildman–Crippen MR) is 69.0 cm³/mol. The Bertz CT molecular complexity index is 950. The Kier molecular flexibility index (Phi) is 3.13. The lowest BCUT2D eigenvalue weighted by Gasteiger charge is -2.07. The number of aromatic nitrogens is 4. The van der Waals surface area contributed by atoms with Crippen LogP contribution in [0.3, 0.4) is 0 Å². The van der Waals surface area contributed by atoms with Crippen molar-refractivity contribution in [1.82, 2.24) is 19.9 Å². The molecule has 0 radical (unpaired) electrons. The Labute approximate surface area is 124 Å². The number of amides is 1. The van der Waals surface area contributed by atoms with E-state index in [9.17, 15) is 22.8 Å². The number of rotatable bonds is 2. The summed E-state index contributed by atoms with van der Waals surface area (Å²) in [4.78, 5) is 34.6. The first kappa shape index (κ1) is 14.7. The summed E-state index contributed by atoms with van der Waals surface area (Å²) < 4.78 is 37.1. The Morgan fingerprint density at radius 1 is 1.26 bits per heavy atom. The van der Waals surface area contributed by atoms with Gasteiger partial charge in [-0.15, -0.1) is 5.10 Å². The van der Waals surface area contributed by atoms with Gasteiger partial charge < -0.3 is 10.6 Å². The fourth-order valence-corrected chi connectivity index (χ4v) is 2.00. The van der Waals surface area contributed by atoms with Crippen molar-refractivity contribution in [3.63, 3.8) is 0 Å². The lowest BCUT2D eigenvalue weighted by atomic mass is 10.1. The van der Waals surface area contributed by atoms with Crippen LogP contribution in [0.4, 0.5) is 13.2 Å². The topological polar surface area (TPSA) is 113 Å². The average molecular weight is 325 g/mol. The molecule has 0 saturated carbocycles. The number of alkyl halides is 3. The quantitative estimate of drug-likeness (QED) is 0.738. The number of benzene rings is 1. The Hall–Kier alpha value is -3.24. The standard InChI is InChI=1S/C12H6F3N5O3/c13-12(14,15)11(22)23-20-9-6(8(19-20)10(16)21)2-1-5-3-17-4-18-7(5)9/h1-4H,(H2,16,21). The summed E-state index contributed by atoms with van der Waals surface area (Å²) in [5.74, 6) is -3.49. The highest BCUT2D eigenvalue weighted by molar-refractivity contribution is 6.11. The number of hydrogen-bond acceptors (Lipinski definition) is 6. The van der Waals surface area contributed by atoms with Gasteiger partial charge in [-0.1, -0.05) is 10.9 Å². The summed E-state index contributed by atoms with van der Waals surface area (Å²) in [7, 11) is 0. The summed E-state index contributed by atoms with van der Waals surface area (Å²) in [6, 6.07) is 2.92. The molecule has 3 rings (SSSR count). The lowest BCUT2D eigenvalue weighted by molar-refractivity contribution is -0.200. The number of nitrogens with zero attached hydrogens (tertiary/aromatic N) is 4. The van der Waals surface area contributed by atoms with Crippen LogP contribution < -0.4 is 10.6 Å². The van der Waals surface area contributed by atoms with Gasteiger partial charge >= 0.3 is 12.1 Å². The molecule has 0 atom stereocenters. The van der Waals surface area contributed by atoms with Crippen LogP contribution in [0.5, 0.6) is 0 Å². The van der Waals surface area contributed by atoms with Gasteiger partial charge in [-0.05, 0) is 6.07 Å². The third kappa shape index (κ3) is 2.41. The molecule has 0 aliphatic carbocycles. The van der Waals surface area contributed by atoms with E-state index >= 15 is 0 Å². The lowest BCUT2D eigenvalue weighted by Crippen LogP contribution is -2.34. The third-order valence-corrected chi connectivity index (χ3v) is 2.92. The number of fused-ring (bicyclic) bond motifs is 3. The molecule has 118 valence electrons. The van der Waals surface area contributed by atoms with Crippen LogP contribution in [0.25, 0.3) is 21.8 Å². The number of halogens is 3. The van der Waals surface area contributed by atoms with Crippen molar-refractivity contribution in [3.05, 3.63) is 30.4 Å². The first-order valence-electron chi connectivity index (χ1n) is 6.00. The van der Waals surface area contributed by atoms with Crippen LogP contribution in [-0.2, 0) is 4.79 Å². The van der Waals surface area contributed by atoms with E-state index in [0.717, 1.165) is 6.33 Å². The minimum atomic E-state index is -5.23. The number of hydrogen-bond donors (Lipinski definition) is 1. The van der Waals surface area contributed by atoms with Crippen molar-refractivity contribution in [2.45, 2.75) is 6.18 Å². The minimum Gasteiger partial charge on any atom is -0.364 e. The molecule has 3 aromatic rings. The first-order valence-corrected chi connectivity index (χ1v) is 6.00. The molecule has 8 nitrogen and oxygen atoms in total. The molecule has 1 amide bonds. The van der Waals surface area contributed by atoms with E-state index in [1.54, 1.807) is 0 Å². The maximum atomic E-state index is 12.4. The molecule has 0 spiro atoms. The molecule has 0 unspecified atom stereocenters. The van der Waals surface area contributed by atoms with E-state index in [2.05, 4.69) is 19.9 Å². The van der Waals surface area contributed by atoms with Gasteiger partial charge in [-0.25, -0.2) is 14.8 Å². The molecule has 0 aliphatic rings. The third-order valence-electron chi connectivity index (χ3n) is 2.92. The molecule has 1 aromatic carbocycles. The molecule has 0 saturated heterocycles. The largest absolute Gasteiger partial charge is 0.493 e. The minimum absolute atomic E-state index is 0.0960. The van der Waals surface area contributed by atoms with Crippen molar-refractivity contribution in [1.29, 1.82) is 0 Å². The SMILES string of the molecule is NC(=O)c1nn(OC(=O)C(F)(F)F)c2c1ccc1cncnc12. The van der Waals surface area contributed by atoms with Gasteiger partial charge in [-0.2, -0.15) is 13.2 Å². The second-order valence-electron chi connectivity index (χ2n) is 4.38. The van der Waals surface area contributed by atoms with E-state index in [1.165, 1.54) is 18.3 Å². The number of carbonyl (C=O) groups is 2. The average Bonchev–Trinajstić information content (AvgIpc) is 2.85. The van der Waals surface area contributed by atoms with Crippen LogP contribution in [0, 0.1) is 0 Å². The normalized spacial score (nSPS) is 11.8. The van der Waals surface area contributed by atoms with Crippen LogP contribution >= 0.6 is 0 Å². The Balaban J connectivity index is 2.30. The van der Waals surface area contributed by atoms with Crippen LogP contribution in [0.15, 0.2) is 24.7 Å². The number of carbonyl (C=O) groups excluding carboxylic acids is 2. The van der Waals surface area contributed by atoms with Gasteiger partial charge in [0.15, 0.2) is 5.69 Å². The molecular weight excluding hydrogens is 319 g/mol. The molecule has 23 heavy (non-hydrogen) atoms. The zero-order chi connectivity index (χ0) is 16.8. The van der Waals surface area contributed by atoms with Crippen molar-refractivity contribution >= 4 is 33.7 Å². The second-order valence-corrected chi connectivity index (χ2v) is 4.38. The molecule has 0 aliphatic heterocycles. The number of nitrogens with two attached hydrogens (primary N) is 1. The monoisotopic (exact) mass is 325 g/mol. The van der Waals surface area contributed by atoms with Crippen LogP contribution in [0.1, 0.15) is 10.5 Å². The fraction of sp³-hybridized carbons (Fsp3) is 0.0833. The fourth-order valence-electron chi connectivity index (χ4n) is 2.00. The van der Waals surface area contributed by atoms with Crippen molar-refractivity contribution < 1.29 is 27.6 Å². The van der Waals surface area contributed by atoms with E-state index in [0.29, 0.717) is 10.2 Å². The van der Waals surface area contributed by atoms with Crippen LogP contribution in [-0.4, -0.2) is 38.0 Å². The highest BCUT2D eigenvalue weighted by atomic mass is 19.4. The molecule has 2 heterocycles. The van der Waals surface area contributed by atoms with Gasteiger partial charge in [0.1, 0.15) is 17.4 Å². The Morgan fingerprint density at radius 2 is 2.00 bits per heavy atom. The van der Waals surface area contributed by atoms with E-state index in [4.69, 9.17) is 5.73 Å². The zero-order valence-corrected chi connectivity index (χ0v) is 11.0. The first-order chi connectivity index (χ1) is 10.8. The van der Waals surface area contributed by atoms with Gasteiger partial charge in [0.2, 0.25) is 0 Å². The smallest absolute Gasteiger partial charge is 0.364 e. The van der Waals surface area contributed by atoms with Gasteiger partial charge in [0.25, 0.3) is 5.91 Å². The maximum Gasteiger partial charge on any atom is 0.493 e. The van der Waals surface area contributed by atoms with Crippen molar-refractivity contribution in [3.8, 4) is 0 Å². The van der Waals surface area contributed by atoms with Crippen LogP contribution in [0.2, 0.25) is 0 Å². The highest BCUT2D eigenvalue weighted by Gasteiger charge is 2.42. The van der Waals surface area contributed by atoms with Crippen molar-refractivity contribution in [2.24, 2.45) is 5.73 Å². The predicted octanol–water partition coefficient (Wildman–Crippen LogP) is 0.596. The molecular formula is C12H6F3N5O3. The summed E-state index contributed by atoms with van der Waals surface area (Å²) in [6.07, 6.45) is -2.69. The van der Waals surface area contributed by atoms with Crippen molar-refractivity contribution in [2.75, 3.05) is 0 Å². The van der Waals surface area contributed by atoms with Gasteiger partial charge in [0, 0.05) is 17.0 Å². The number of primary amides is 1. The summed E-state index contributed by atoms with van der Waals surface area (Å²) in [5, 5.41) is 4.07. The highest BCUT2D eigenvalue weighted by Crippen LogP contribution is 2.26. The molecule has 0 fully saturated rings. The molecule has 2 N–H and O–H groups in total. The summed E-state index contributed by atoms with van der Waals surface area (Å²) in [6.45, 7) is 0. The molecule has 11 heteroatoms. The van der Waals surface area contributed by atoms with Gasteiger partial charge in [0.05, 0.1) is 0 Å². The Morgan fingerprint density at radius 3 is 2.65 bits per heavy atom. The maximum absolute atomic E-state index is 12.4. The molecule has 0 bridgehead atoms. The van der Waals surface area contributed by atoms with E-state index in [-0.39, 0.29) is 22.1 Å². The summed E-state index contributed by atoms with van der Waals surface area (Å²) >= 11 is 0. The van der Waals surface area contributed by atoms with E-state index < -0.39 is 18.1 Å². The molecule has 2 aromatic heterocycles.